The minimum atomic E-state index is -0.0945. The molecule has 0 unspecified atom stereocenters. The molecule has 0 spiro atoms. The molecule has 0 fully saturated rings. The van der Waals surface area contributed by atoms with Gasteiger partial charge in [-0.05, 0) is 23.9 Å². The van der Waals surface area contributed by atoms with E-state index in [4.69, 9.17) is 0 Å². The minimum Gasteiger partial charge on any atom is -0.304 e. The monoisotopic (exact) mass is 291 g/mol. The predicted molar refractivity (Wildman–Crippen MR) is 80.2 cm³/mol. The molecule has 3 rings (SSSR count). The van der Waals surface area contributed by atoms with Crippen molar-refractivity contribution in [3.8, 4) is 0 Å². The predicted octanol–water partition coefficient (Wildman–Crippen LogP) is 3.89. The summed E-state index contributed by atoms with van der Waals surface area (Å²) >= 11 is 3.16. The first-order valence-electron chi connectivity index (χ1n) is 6.09. The number of thiophene rings is 2. The number of aromatic amines is 1. The zero-order valence-electron chi connectivity index (χ0n) is 10.4. The van der Waals surface area contributed by atoms with E-state index in [-0.39, 0.29) is 5.91 Å². The lowest BCUT2D eigenvalue weighted by atomic mass is 10.2. The van der Waals surface area contributed by atoms with E-state index in [1.807, 2.05) is 23.6 Å². The molecule has 6 heteroatoms. The van der Waals surface area contributed by atoms with Crippen LogP contribution in [-0.2, 0) is 6.42 Å². The second-order valence-electron chi connectivity index (χ2n) is 4.24. The van der Waals surface area contributed by atoms with Crippen molar-refractivity contribution in [1.82, 2.24) is 10.2 Å². The van der Waals surface area contributed by atoms with Crippen LogP contribution in [0.5, 0.6) is 0 Å². The normalized spacial score (nSPS) is 11.0. The lowest BCUT2D eigenvalue weighted by molar-refractivity contribution is 0.103. The van der Waals surface area contributed by atoms with Gasteiger partial charge in [-0.15, -0.1) is 22.7 Å². The summed E-state index contributed by atoms with van der Waals surface area (Å²) in [5.41, 5.74) is 1.05. The number of H-pyrrole nitrogens is 1. The third-order valence-electron chi connectivity index (χ3n) is 2.76. The van der Waals surface area contributed by atoms with Crippen molar-refractivity contribution >= 4 is 43.8 Å². The number of rotatable bonds is 4. The highest BCUT2D eigenvalue weighted by Gasteiger charge is 2.12. The summed E-state index contributed by atoms with van der Waals surface area (Å²) in [6, 6.07) is 5.85. The van der Waals surface area contributed by atoms with Gasteiger partial charge in [0.05, 0.1) is 4.88 Å². The summed E-state index contributed by atoms with van der Waals surface area (Å²) in [4.78, 5) is 12.8. The molecule has 98 valence electrons. The van der Waals surface area contributed by atoms with Crippen LogP contribution in [0.25, 0.3) is 9.40 Å². The van der Waals surface area contributed by atoms with Gasteiger partial charge in [-0.1, -0.05) is 13.3 Å². The van der Waals surface area contributed by atoms with Gasteiger partial charge in [-0.25, -0.2) is 0 Å². The standard InChI is InChI=1S/C13H13N3OS2/c1-2-3-8-6-12(16-15-8)14-13(17)11-7-10-9(19-11)4-5-18-10/h4-7H,2-3H2,1H3,(H2,14,15,16,17). The second kappa shape index (κ2) is 5.14. The van der Waals surface area contributed by atoms with Gasteiger partial charge in [0, 0.05) is 21.2 Å². The molecule has 3 aromatic heterocycles. The van der Waals surface area contributed by atoms with Crippen molar-refractivity contribution in [3.63, 3.8) is 0 Å². The van der Waals surface area contributed by atoms with Gasteiger partial charge < -0.3 is 5.32 Å². The van der Waals surface area contributed by atoms with Crippen molar-refractivity contribution in [3.05, 3.63) is 34.2 Å². The molecule has 4 nitrogen and oxygen atoms in total. The number of aryl methyl sites for hydroxylation is 1. The molecule has 19 heavy (non-hydrogen) atoms. The molecule has 2 N–H and O–H groups in total. The zero-order chi connectivity index (χ0) is 13.2. The van der Waals surface area contributed by atoms with E-state index in [1.54, 1.807) is 11.3 Å². The Labute approximate surface area is 118 Å². The van der Waals surface area contributed by atoms with Gasteiger partial charge in [0.15, 0.2) is 5.82 Å². The number of hydrogen-bond donors (Lipinski definition) is 2. The Morgan fingerprint density at radius 2 is 2.32 bits per heavy atom. The fraction of sp³-hybridized carbons (Fsp3) is 0.231. The third-order valence-corrected chi connectivity index (χ3v) is 4.85. The van der Waals surface area contributed by atoms with Crippen molar-refractivity contribution in [2.24, 2.45) is 0 Å². The van der Waals surface area contributed by atoms with E-state index < -0.39 is 0 Å². The van der Waals surface area contributed by atoms with E-state index in [2.05, 4.69) is 22.4 Å². The molecule has 3 heterocycles. The van der Waals surface area contributed by atoms with Gasteiger partial charge in [-0.3, -0.25) is 9.89 Å². The Morgan fingerprint density at radius 3 is 3.11 bits per heavy atom. The minimum absolute atomic E-state index is 0.0945. The van der Waals surface area contributed by atoms with Crippen LogP contribution in [0, 0.1) is 0 Å². The SMILES string of the molecule is CCCc1cc(NC(=O)c2cc3sccc3s2)n[nH]1. The molecule has 0 aliphatic carbocycles. The highest BCUT2D eigenvalue weighted by molar-refractivity contribution is 7.27. The maximum Gasteiger partial charge on any atom is 0.267 e. The highest BCUT2D eigenvalue weighted by Crippen LogP contribution is 2.30. The smallest absolute Gasteiger partial charge is 0.267 e. The summed E-state index contributed by atoms with van der Waals surface area (Å²) in [5.74, 6) is 0.494. The summed E-state index contributed by atoms with van der Waals surface area (Å²) < 4.78 is 2.31. The Kier molecular flexibility index (Phi) is 3.35. The van der Waals surface area contributed by atoms with Crippen LogP contribution in [0.15, 0.2) is 23.6 Å². The average Bonchev–Trinajstić information content (AvgIpc) is 3.03. The Morgan fingerprint density at radius 1 is 1.42 bits per heavy atom. The van der Waals surface area contributed by atoms with Crippen molar-refractivity contribution in [1.29, 1.82) is 0 Å². The Hall–Kier alpha value is -1.66. The molecular formula is C13H13N3OS2. The molecule has 0 atom stereocenters. The molecule has 3 aromatic rings. The quantitative estimate of drug-likeness (QED) is 0.766. The molecule has 0 aliphatic heterocycles. The third kappa shape index (κ3) is 2.54. The van der Waals surface area contributed by atoms with Gasteiger partial charge in [0.25, 0.3) is 5.91 Å². The van der Waals surface area contributed by atoms with Crippen LogP contribution in [0.1, 0.15) is 28.7 Å². The lowest BCUT2D eigenvalue weighted by Gasteiger charge is -1.97. The van der Waals surface area contributed by atoms with E-state index in [0.29, 0.717) is 5.82 Å². The number of hydrogen-bond acceptors (Lipinski definition) is 4. The maximum atomic E-state index is 12.1. The largest absolute Gasteiger partial charge is 0.304 e. The Bertz CT molecular complexity index is 682. The van der Waals surface area contributed by atoms with E-state index >= 15 is 0 Å². The first kappa shape index (κ1) is 12.4. The topological polar surface area (TPSA) is 57.8 Å². The number of amides is 1. The number of carbonyl (C=O) groups excluding carboxylic acids is 1. The number of carbonyl (C=O) groups is 1. The first-order chi connectivity index (χ1) is 9.26. The van der Waals surface area contributed by atoms with Gasteiger partial charge in [0.2, 0.25) is 0 Å². The molecule has 0 bridgehead atoms. The zero-order valence-corrected chi connectivity index (χ0v) is 12.0. The summed E-state index contributed by atoms with van der Waals surface area (Å²) in [5, 5.41) is 11.9. The lowest BCUT2D eigenvalue weighted by Crippen LogP contribution is -2.10. The van der Waals surface area contributed by atoms with Crippen LogP contribution in [0.3, 0.4) is 0 Å². The molecule has 0 aliphatic rings. The van der Waals surface area contributed by atoms with Crippen molar-refractivity contribution in [2.45, 2.75) is 19.8 Å². The second-order valence-corrected chi connectivity index (χ2v) is 6.27. The number of nitrogens with zero attached hydrogens (tertiary/aromatic N) is 1. The van der Waals surface area contributed by atoms with E-state index in [9.17, 15) is 4.79 Å². The number of anilines is 1. The first-order valence-corrected chi connectivity index (χ1v) is 7.78. The van der Waals surface area contributed by atoms with E-state index in [1.165, 1.54) is 11.3 Å². The van der Waals surface area contributed by atoms with Crippen LogP contribution in [-0.4, -0.2) is 16.1 Å². The Balaban J connectivity index is 1.74. The van der Waals surface area contributed by atoms with Crippen LogP contribution >= 0.6 is 22.7 Å². The maximum absolute atomic E-state index is 12.1. The van der Waals surface area contributed by atoms with Crippen LogP contribution < -0.4 is 5.32 Å². The molecule has 0 aromatic carbocycles. The fourth-order valence-corrected chi connectivity index (χ4v) is 3.88. The van der Waals surface area contributed by atoms with Crippen molar-refractivity contribution in [2.75, 3.05) is 5.32 Å². The fourth-order valence-electron chi connectivity index (χ4n) is 1.88. The number of nitrogens with one attached hydrogen (secondary N) is 2. The van der Waals surface area contributed by atoms with Crippen LogP contribution in [0.4, 0.5) is 5.82 Å². The van der Waals surface area contributed by atoms with Gasteiger partial charge in [-0.2, -0.15) is 5.10 Å². The average molecular weight is 291 g/mol. The highest BCUT2D eigenvalue weighted by atomic mass is 32.1. The molecule has 0 radical (unpaired) electrons. The summed E-state index contributed by atoms with van der Waals surface area (Å²) in [6.45, 7) is 2.11. The molecule has 1 amide bonds. The summed E-state index contributed by atoms with van der Waals surface area (Å²) in [6.07, 6.45) is 1.99. The number of aromatic nitrogens is 2. The molecule has 0 saturated heterocycles. The van der Waals surface area contributed by atoms with Gasteiger partial charge >= 0.3 is 0 Å². The number of fused-ring (bicyclic) bond motifs is 1. The van der Waals surface area contributed by atoms with Crippen molar-refractivity contribution < 1.29 is 4.79 Å². The van der Waals surface area contributed by atoms with Crippen LogP contribution in [0.2, 0.25) is 0 Å². The molecular weight excluding hydrogens is 278 g/mol. The summed E-state index contributed by atoms with van der Waals surface area (Å²) in [7, 11) is 0. The molecule has 0 saturated carbocycles. The van der Waals surface area contributed by atoms with E-state index in [0.717, 1.165) is 32.8 Å². The van der Waals surface area contributed by atoms with Gasteiger partial charge in [0.1, 0.15) is 0 Å².